The van der Waals surface area contributed by atoms with Crippen molar-refractivity contribution in [2.45, 2.75) is 39.0 Å². The molecule has 4 heteroatoms. The zero-order valence-electron chi connectivity index (χ0n) is 12.4. The number of benzene rings is 1. The molecular formula is C17H21NO3. The molecule has 1 aliphatic carbocycles. The standard InChI is InChI=1S/C17H21NO3/c1-17(16(20)21)9-4-10-18(11-17)15(19)14-8-3-6-12-5-2-7-13(12)14/h3,6,8H,2,4-5,7,9-11H2,1H3,(H,20,21). The molecule has 1 amide bonds. The molecule has 112 valence electrons. The van der Waals surface area contributed by atoms with Crippen LogP contribution in [0.15, 0.2) is 18.2 Å². The molecule has 0 spiro atoms. The van der Waals surface area contributed by atoms with E-state index in [1.165, 1.54) is 11.1 Å². The Bertz CT molecular complexity index is 596. The minimum atomic E-state index is -0.814. The number of piperidine rings is 1. The molecule has 2 aliphatic rings. The van der Waals surface area contributed by atoms with Crippen LogP contribution in [0.3, 0.4) is 0 Å². The molecule has 1 atom stereocenters. The zero-order valence-corrected chi connectivity index (χ0v) is 12.4. The molecule has 1 aromatic rings. The van der Waals surface area contributed by atoms with Gasteiger partial charge in [-0.05, 0) is 56.2 Å². The Morgan fingerprint density at radius 3 is 2.81 bits per heavy atom. The van der Waals surface area contributed by atoms with Gasteiger partial charge in [-0.25, -0.2) is 0 Å². The third-order valence-corrected chi connectivity index (χ3v) is 4.88. The van der Waals surface area contributed by atoms with E-state index in [-0.39, 0.29) is 5.91 Å². The number of fused-ring (bicyclic) bond motifs is 1. The van der Waals surface area contributed by atoms with Crippen molar-refractivity contribution in [1.29, 1.82) is 0 Å². The lowest BCUT2D eigenvalue weighted by molar-refractivity contribution is -0.150. The highest BCUT2D eigenvalue weighted by Gasteiger charge is 2.39. The van der Waals surface area contributed by atoms with Crippen LogP contribution in [0.4, 0.5) is 0 Å². The molecule has 1 aromatic carbocycles. The van der Waals surface area contributed by atoms with Crippen molar-refractivity contribution in [1.82, 2.24) is 4.90 Å². The lowest BCUT2D eigenvalue weighted by Gasteiger charge is -2.37. The van der Waals surface area contributed by atoms with Crippen LogP contribution >= 0.6 is 0 Å². The first kappa shape index (κ1) is 14.1. The van der Waals surface area contributed by atoms with E-state index in [0.29, 0.717) is 19.5 Å². The third kappa shape index (κ3) is 2.43. The van der Waals surface area contributed by atoms with E-state index in [4.69, 9.17) is 0 Å². The van der Waals surface area contributed by atoms with Gasteiger partial charge in [0.15, 0.2) is 0 Å². The van der Waals surface area contributed by atoms with Crippen molar-refractivity contribution < 1.29 is 14.7 Å². The number of aryl methyl sites for hydroxylation is 1. The predicted molar refractivity (Wildman–Crippen MR) is 79.3 cm³/mol. The number of carboxylic acid groups (broad SMARTS) is 1. The SMILES string of the molecule is CC1(C(=O)O)CCCN(C(=O)c2cccc3c2CCC3)C1. The molecule has 0 aromatic heterocycles. The van der Waals surface area contributed by atoms with Gasteiger partial charge in [0, 0.05) is 18.7 Å². The Kier molecular flexibility index (Phi) is 3.47. The van der Waals surface area contributed by atoms with Gasteiger partial charge < -0.3 is 10.0 Å². The smallest absolute Gasteiger partial charge is 0.311 e. The van der Waals surface area contributed by atoms with Crippen molar-refractivity contribution >= 4 is 11.9 Å². The first-order valence-corrected chi connectivity index (χ1v) is 7.65. The van der Waals surface area contributed by atoms with Gasteiger partial charge in [0.25, 0.3) is 5.91 Å². The Balaban J connectivity index is 1.86. The average Bonchev–Trinajstić information content (AvgIpc) is 2.94. The summed E-state index contributed by atoms with van der Waals surface area (Å²) in [6.07, 6.45) is 4.50. The van der Waals surface area contributed by atoms with Crippen molar-refractivity contribution in [2.75, 3.05) is 13.1 Å². The highest BCUT2D eigenvalue weighted by atomic mass is 16.4. The Hall–Kier alpha value is -1.84. The summed E-state index contributed by atoms with van der Waals surface area (Å²) in [6, 6.07) is 5.92. The summed E-state index contributed by atoms with van der Waals surface area (Å²) in [5.74, 6) is -0.806. The van der Waals surface area contributed by atoms with Crippen LogP contribution in [0, 0.1) is 5.41 Å². The second-order valence-corrected chi connectivity index (χ2v) is 6.49. The van der Waals surface area contributed by atoms with Crippen molar-refractivity contribution in [2.24, 2.45) is 5.41 Å². The first-order chi connectivity index (χ1) is 10.0. The summed E-state index contributed by atoms with van der Waals surface area (Å²) >= 11 is 0. The lowest BCUT2D eigenvalue weighted by Crippen LogP contribution is -2.48. The summed E-state index contributed by atoms with van der Waals surface area (Å²) in [5, 5.41) is 9.38. The molecule has 1 heterocycles. The summed E-state index contributed by atoms with van der Waals surface area (Å²) in [7, 11) is 0. The number of carboxylic acids is 1. The van der Waals surface area contributed by atoms with Gasteiger partial charge in [0.2, 0.25) is 0 Å². The average molecular weight is 287 g/mol. The first-order valence-electron chi connectivity index (χ1n) is 7.65. The number of hydrogen-bond acceptors (Lipinski definition) is 2. The molecule has 1 N–H and O–H groups in total. The largest absolute Gasteiger partial charge is 0.481 e. The molecule has 3 rings (SSSR count). The summed E-state index contributed by atoms with van der Waals surface area (Å²) in [6.45, 7) is 2.71. The van der Waals surface area contributed by atoms with Gasteiger partial charge in [-0.3, -0.25) is 9.59 Å². The van der Waals surface area contributed by atoms with Crippen LogP contribution in [0.5, 0.6) is 0 Å². The minimum Gasteiger partial charge on any atom is -0.481 e. The van der Waals surface area contributed by atoms with Crippen LogP contribution in [-0.4, -0.2) is 35.0 Å². The number of amides is 1. The van der Waals surface area contributed by atoms with Crippen molar-refractivity contribution in [3.63, 3.8) is 0 Å². The van der Waals surface area contributed by atoms with Gasteiger partial charge in [0.05, 0.1) is 5.41 Å². The topological polar surface area (TPSA) is 57.6 Å². The van der Waals surface area contributed by atoms with Crippen LogP contribution in [0.25, 0.3) is 0 Å². The van der Waals surface area contributed by atoms with Crippen LogP contribution in [0.2, 0.25) is 0 Å². The van der Waals surface area contributed by atoms with Crippen molar-refractivity contribution in [3.8, 4) is 0 Å². The predicted octanol–water partition coefficient (Wildman–Crippen LogP) is 2.50. The zero-order chi connectivity index (χ0) is 15.0. The highest BCUT2D eigenvalue weighted by molar-refractivity contribution is 5.96. The van der Waals surface area contributed by atoms with Gasteiger partial charge >= 0.3 is 5.97 Å². The fourth-order valence-corrected chi connectivity index (χ4v) is 3.58. The monoisotopic (exact) mass is 287 g/mol. The highest BCUT2D eigenvalue weighted by Crippen LogP contribution is 2.32. The number of carbonyl (C=O) groups is 2. The van der Waals surface area contributed by atoms with Crippen LogP contribution < -0.4 is 0 Å². The molecule has 0 radical (unpaired) electrons. The van der Waals surface area contributed by atoms with Gasteiger partial charge in [-0.15, -0.1) is 0 Å². The summed E-state index contributed by atoms with van der Waals surface area (Å²) in [5.41, 5.74) is 2.41. The minimum absolute atomic E-state index is 0.000856. The van der Waals surface area contributed by atoms with Crippen LogP contribution in [0.1, 0.15) is 47.7 Å². The van der Waals surface area contributed by atoms with Gasteiger partial charge in [-0.2, -0.15) is 0 Å². The molecule has 1 unspecified atom stereocenters. The number of aliphatic carboxylic acids is 1. The second-order valence-electron chi connectivity index (χ2n) is 6.49. The van der Waals surface area contributed by atoms with E-state index in [0.717, 1.165) is 31.2 Å². The maximum atomic E-state index is 12.8. The summed E-state index contributed by atoms with van der Waals surface area (Å²) < 4.78 is 0. The number of rotatable bonds is 2. The Morgan fingerprint density at radius 1 is 1.24 bits per heavy atom. The molecule has 1 aliphatic heterocycles. The van der Waals surface area contributed by atoms with E-state index < -0.39 is 11.4 Å². The van der Waals surface area contributed by atoms with Gasteiger partial charge in [0.1, 0.15) is 0 Å². The van der Waals surface area contributed by atoms with Crippen molar-refractivity contribution in [3.05, 3.63) is 34.9 Å². The lowest BCUT2D eigenvalue weighted by atomic mass is 9.81. The maximum Gasteiger partial charge on any atom is 0.311 e. The molecule has 0 bridgehead atoms. The number of likely N-dealkylation sites (tertiary alicyclic amines) is 1. The molecule has 0 saturated carbocycles. The molecule has 4 nitrogen and oxygen atoms in total. The quantitative estimate of drug-likeness (QED) is 0.909. The second kappa shape index (κ2) is 5.17. The molecule has 1 fully saturated rings. The number of nitrogens with zero attached hydrogens (tertiary/aromatic N) is 1. The Labute approximate surface area is 124 Å². The fraction of sp³-hybridized carbons (Fsp3) is 0.529. The van der Waals surface area contributed by atoms with Crippen LogP contribution in [-0.2, 0) is 17.6 Å². The summed E-state index contributed by atoms with van der Waals surface area (Å²) in [4.78, 5) is 26.0. The van der Waals surface area contributed by atoms with Gasteiger partial charge in [-0.1, -0.05) is 12.1 Å². The van der Waals surface area contributed by atoms with E-state index in [1.807, 2.05) is 12.1 Å². The Morgan fingerprint density at radius 2 is 2.05 bits per heavy atom. The normalized spacial score (nSPS) is 24.7. The third-order valence-electron chi connectivity index (χ3n) is 4.88. The van der Waals surface area contributed by atoms with E-state index >= 15 is 0 Å². The molecule has 1 saturated heterocycles. The maximum absolute atomic E-state index is 12.8. The van der Waals surface area contributed by atoms with E-state index in [2.05, 4.69) is 6.07 Å². The van der Waals surface area contributed by atoms with E-state index in [1.54, 1.807) is 11.8 Å². The fourth-order valence-electron chi connectivity index (χ4n) is 3.58. The molecular weight excluding hydrogens is 266 g/mol. The number of hydrogen-bond donors (Lipinski definition) is 1. The van der Waals surface area contributed by atoms with E-state index in [9.17, 15) is 14.7 Å². The number of carbonyl (C=O) groups excluding carboxylic acids is 1. The molecule has 21 heavy (non-hydrogen) atoms.